The van der Waals surface area contributed by atoms with E-state index < -0.39 is 0 Å². The molecule has 7 heteroatoms. The normalized spacial score (nSPS) is 10.6. The standard InChI is InChI=1S/C14H15BrFN3O2/c15-13-12(9-18-19(6-7-20)14(13)21)17-5-4-10-2-1-3-11(16)8-10/h1-3,8-9,17,20H,4-7H2. The van der Waals surface area contributed by atoms with E-state index in [4.69, 9.17) is 5.11 Å². The summed E-state index contributed by atoms with van der Waals surface area (Å²) in [7, 11) is 0. The van der Waals surface area contributed by atoms with Crippen molar-refractivity contribution in [2.24, 2.45) is 0 Å². The molecule has 0 radical (unpaired) electrons. The van der Waals surface area contributed by atoms with Gasteiger partial charge in [-0.15, -0.1) is 0 Å². The number of halogens is 2. The summed E-state index contributed by atoms with van der Waals surface area (Å²) in [4.78, 5) is 11.9. The van der Waals surface area contributed by atoms with Crippen LogP contribution in [-0.2, 0) is 13.0 Å². The number of benzene rings is 1. The molecule has 0 amide bonds. The summed E-state index contributed by atoms with van der Waals surface area (Å²) in [5.41, 5.74) is 1.14. The Morgan fingerprint density at radius 3 is 2.95 bits per heavy atom. The number of aliphatic hydroxyl groups excluding tert-OH is 1. The molecule has 0 bridgehead atoms. The van der Waals surface area contributed by atoms with Crippen molar-refractivity contribution in [3.63, 3.8) is 0 Å². The van der Waals surface area contributed by atoms with E-state index in [2.05, 4.69) is 26.3 Å². The van der Waals surface area contributed by atoms with Crippen LogP contribution in [0.1, 0.15) is 5.56 Å². The van der Waals surface area contributed by atoms with Crippen molar-refractivity contribution in [1.82, 2.24) is 9.78 Å². The topological polar surface area (TPSA) is 67.2 Å². The molecule has 1 heterocycles. The van der Waals surface area contributed by atoms with E-state index in [1.807, 2.05) is 6.07 Å². The Morgan fingerprint density at radius 2 is 2.24 bits per heavy atom. The average molecular weight is 356 g/mol. The molecule has 1 aromatic carbocycles. The quantitative estimate of drug-likeness (QED) is 0.828. The minimum Gasteiger partial charge on any atom is -0.394 e. The van der Waals surface area contributed by atoms with Crippen LogP contribution in [-0.4, -0.2) is 28.0 Å². The lowest BCUT2D eigenvalue weighted by Crippen LogP contribution is -2.26. The summed E-state index contributed by atoms with van der Waals surface area (Å²) in [6.45, 7) is 0.555. The van der Waals surface area contributed by atoms with E-state index >= 15 is 0 Å². The van der Waals surface area contributed by atoms with Gasteiger partial charge in [0, 0.05) is 6.54 Å². The zero-order valence-corrected chi connectivity index (χ0v) is 12.8. The van der Waals surface area contributed by atoms with Gasteiger partial charge >= 0.3 is 0 Å². The molecular weight excluding hydrogens is 341 g/mol. The minimum absolute atomic E-state index is 0.147. The van der Waals surface area contributed by atoms with Crippen LogP contribution in [0, 0.1) is 5.82 Å². The van der Waals surface area contributed by atoms with Gasteiger partial charge in [0.15, 0.2) is 0 Å². The Labute approximate surface area is 129 Å². The largest absolute Gasteiger partial charge is 0.394 e. The summed E-state index contributed by atoms with van der Waals surface area (Å²) >= 11 is 3.22. The van der Waals surface area contributed by atoms with Gasteiger partial charge in [-0.3, -0.25) is 4.79 Å². The van der Waals surface area contributed by atoms with Crippen molar-refractivity contribution in [3.05, 3.63) is 56.7 Å². The van der Waals surface area contributed by atoms with E-state index in [0.717, 1.165) is 5.56 Å². The number of nitrogens with one attached hydrogen (secondary N) is 1. The van der Waals surface area contributed by atoms with Gasteiger partial charge < -0.3 is 10.4 Å². The second kappa shape index (κ2) is 7.33. The van der Waals surface area contributed by atoms with Gasteiger partial charge in [-0.1, -0.05) is 12.1 Å². The Hall–Kier alpha value is -1.73. The Bertz CT molecular complexity index is 676. The van der Waals surface area contributed by atoms with E-state index in [9.17, 15) is 9.18 Å². The van der Waals surface area contributed by atoms with E-state index in [0.29, 0.717) is 23.1 Å². The molecule has 0 aliphatic carbocycles. The lowest BCUT2D eigenvalue weighted by Gasteiger charge is -2.10. The number of aromatic nitrogens is 2. The van der Waals surface area contributed by atoms with Gasteiger partial charge in [-0.05, 0) is 40.0 Å². The lowest BCUT2D eigenvalue weighted by molar-refractivity contribution is 0.266. The van der Waals surface area contributed by atoms with Gasteiger partial charge in [-0.25, -0.2) is 9.07 Å². The molecule has 1 aromatic heterocycles. The number of hydrogen-bond donors (Lipinski definition) is 2. The van der Waals surface area contributed by atoms with Crippen LogP contribution >= 0.6 is 15.9 Å². The average Bonchev–Trinajstić information content (AvgIpc) is 2.47. The second-order valence-electron chi connectivity index (χ2n) is 4.43. The first kappa shape index (κ1) is 15.7. The first-order valence-corrected chi connectivity index (χ1v) is 7.26. The van der Waals surface area contributed by atoms with Crippen molar-refractivity contribution in [2.45, 2.75) is 13.0 Å². The van der Waals surface area contributed by atoms with Crippen molar-refractivity contribution in [1.29, 1.82) is 0 Å². The fourth-order valence-electron chi connectivity index (χ4n) is 1.88. The number of hydrogen-bond acceptors (Lipinski definition) is 4. The van der Waals surface area contributed by atoms with Crippen molar-refractivity contribution in [3.8, 4) is 0 Å². The molecular formula is C14H15BrFN3O2. The molecule has 5 nitrogen and oxygen atoms in total. The van der Waals surface area contributed by atoms with Gasteiger partial charge in [0.2, 0.25) is 0 Å². The smallest absolute Gasteiger partial charge is 0.283 e. The van der Waals surface area contributed by atoms with Crippen LogP contribution in [0.2, 0.25) is 0 Å². The maximum Gasteiger partial charge on any atom is 0.283 e. The Morgan fingerprint density at radius 1 is 1.43 bits per heavy atom. The van der Waals surface area contributed by atoms with E-state index in [-0.39, 0.29) is 24.5 Å². The summed E-state index contributed by atoms with van der Waals surface area (Å²) < 4.78 is 14.6. The van der Waals surface area contributed by atoms with Crippen molar-refractivity contribution >= 4 is 21.6 Å². The molecule has 0 aliphatic rings. The minimum atomic E-state index is -0.306. The molecule has 0 saturated heterocycles. The number of aliphatic hydroxyl groups is 1. The first-order chi connectivity index (χ1) is 10.1. The van der Waals surface area contributed by atoms with Gasteiger partial charge in [0.05, 0.1) is 25.0 Å². The highest BCUT2D eigenvalue weighted by Crippen LogP contribution is 2.16. The maximum atomic E-state index is 13.0. The fraction of sp³-hybridized carbons (Fsp3) is 0.286. The van der Waals surface area contributed by atoms with Crippen molar-refractivity contribution < 1.29 is 9.50 Å². The van der Waals surface area contributed by atoms with Crippen LogP contribution in [0.4, 0.5) is 10.1 Å². The van der Waals surface area contributed by atoms with Crippen LogP contribution < -0.4 is 10.9 Å². The van der Waals surface area contributed by atoms with Crippen molar-refractivity contribution in [2.75, 3.05) is 18.5 Å². The third-order valence-electron chi connectivity index (χ3n) is 2.91. The molecule has 2 N–H and O–H groups in total. The summed E-state index contributed by atoms with van der Waals surface area (Å²) in [6.07, 6.45) is 2.15. The molecule has 0 aliphatic heterocycles. The third kappa shape index (κ3) is 4.12. The third-order valence-corrected chi connectivity index (χ3v) is 3.68. The highest BCUT2D eigenvalue weighted by molar-refractivity contribution is 9.10. The zero-order chi connectivity index (χ0) is 15.2. The molecule has 0 unspecified atom stereocenters. The summed E-state index contributed by atoms with van der Waals surface area (Å²) in [6, 6.07) is 6.39. The molecule has 0 spiro atoms. The van der Waals surface area contributed by atoms with Crippen LogP contribution in [0.3, 0.4) is 0 Å². The SMILES string of the molecule is O=c1c(Br)c(NCCc2cccc(F)c2)cnn1CCO. The molecule has 112 valence electrons. The zero-order valence-electron chi connectivity index (χ0n) is 11.2. The van der Waals surface area contributed by atoms with E-state index in [1.54, 1.807) is 6.07 Å². The molecule has 0 fully saturated rings. The Balaban J connectivity index is 2.00. The second-order valence-corrected chi connectivity index (χ2v) is 5.22. The molecule has 2 aromatic rings. The number of rotatable bonds is 6. The maximum absolute atomic E-state index is 13.0. The molecule has 2 rings (SSSR count). The molecule has 0 atom stereocenters. The van der Waals surface area contributed by atoms with Gasteiger partial charge in [0.25, 0.3) is 5.56 Å². The first-order valence-electron chi connectivity index (χ1n) is 6.46. The predicted molar refractivity (Wildman–Crippen MR) is 81.9 cm³/mol. The number of nitrogens with zero attached hydrogens (tertiary/aromatic N) is 2. The van der Waals surface area contributed by atoms with E-state index in [1.165, 1.54) is 23.0 Å². The molecule has 0 saturated carbocycles. The fourth-order valence-corrected chi connectivity index (χ4v) is 2.32. The van der Waals surface area contributed by atoms with Gasteiger partial charge in [0.1, 0.15) is 10.3 Å². The van der Waals surface area contributed by atoms with Crippen LogP contribution in [0.5, 0.6) is 0 Å². The van der Waals surface area contributed by atoms with Gasteiger partial charge in [-0.2, -0.15) is 5.10 Å². The summed E-state index contributed by atoms with van der Waals surface area (Å²) in [5, 5.41) is 15.9. The summed E-state index contributed by atoms with van der Waals surface area (Å²) in [5.74, 6) is -0.262. The highest BCUT2D eigenvalue weighted by atomic mass is 79.9. The van der Waals surface area contributed by atoms with Crippen LogP contribution in [0.15, 0.2) is 39.7 Å². The highest BCUT2D eigenvalue weighted by Gasteiger charge is 2.08. The Kier molecular flexibility index (Phi) is 5.46. The number of anilines is 1. The monoisotopic (exact) mass is 355 g/mol. The molecule has 21 heavy (non-hydrogen) atoms. The van der Waals surface area contributed by atoms with Crippen LogP contribution in [0.25, 0.3) is 0 Å². The predicted octanol–water partition coefficient (Wildman–Crippen LogP) is 1.79. The lowest BCUT2D eigenvalue weighted by atomic mass is 10.1.